The first-order valence-corrected chi connectivity index (χ1v) is 8.40. The predicted octanol–water partition coefficient (Wildman–Crippen LogP) is 3.71. The summed E-state index contributed by atoms with van der Waals surface area (Å²) < 4.78 is 47.4. The summed E-state index contributed by atoms with van der Waals surface area (Å²) in [5, 5.41) is 6.49. The normalized spacial score (nSPS) is 24.7. The predicted molar refractivity (Wildman–Crippen MR) is 86.0 cm³/mol. The van der Waals surface area contributed by atoms with E-state index in [1.807, 2.05) is 0 Å². The minimum Gasteiger partial charge on any atom is -0.426 e. The van der Waals surface area contributed by atoms with Gasteiger partial charge in [0.05, 0.1) is 0 Å². The van der Waals surface area contributed by atoms with Crippen LogP contribution in [-0.4, -0.2) is 24.0 Å². The van der Waals surface area contributed by atoms with Gasteiger partial charge in [-0.2, -0.15) is 13.2 Å². The molecule has 0 spiro atoms. The number of amides is 1. The molecule has 2 aromatic rings. The van der Waals surface area contributed by atoms with E-state index in [0.717, 1.165) is 31.4 Å². The second kappa shape index (κ2) is 6.35. The Balaban J connectivity index is 1.37. The van der Waals surface area contributed by atoms with Crippen molar-refractivity contribution in [2.75, 3.05) is 0 Å². The number of carbonyl (C=O) groups is 1. The number of benzene rings is 1. The molecule has 2 saturated heterocycles. The molecule has 3 unspecified atom stereocenters. The van der Waals surface area contributed by atoms with E-state index in [1.165, 1.54) is 12.1 Å². The SMILES string of the molecule is O=C(NC1CC2CCC1N2)c1ccc(Oc2ccc(C(F)(F)F)o2)cc1. The van der Waals surface area contributed by atoms with Crippen LogP contribution in [0.4, 0.5) is 13.2 Å². The minimum absolute atomic E-state index is 0.140. The third-order valence-electron chi connectivity index (χ3n) is 4.81. The molecule has 0 aliphatic carbocycles. The maximum Gasteiger partial charge on any atom is 0.449 e. The molecule has 5 nitrogen and oxygen atoms in total. The van der Waals surface area contributed by atoms with E-state index in [-0.39, 0.29) is 23.6 Å². The maximum absolute atomic E-state index is 12.5. The first-order chi connectivity index (χ1) is 12.4. The molecule has 8 heteroatoms. The lowest BCUT2D eigenvalue weighted by Crippen LogP contribution is -2.42. The molecule has 4 rings (SSSR count). The molecule has 2 fully saturated rings. The zero-order valence-corrected chi connectivity index (χ0v) is 13.7. The van der Waals surface area contributed by atoms with Crippen molar-refractivity contribution >= 4 is 5.91 Å². The van der Waals surface area contributed by atoms with Gasteiger partial charge in [0.2, 0.25) is 5.76 Å². The standard InChI is InChI=1S/C18H17F3N2O3/c19-18(20,21)15-7-8-16(26-15)25-12-4-1-10(2-5-12)17(24)23-14-9-11-3-6-13(14)22-11/h1-2,4-5,7-8,11,13-14,22H,3,6,9H2,(H,23,24). The van der Waals surface area contributed by atoms with Crippen molar-refractivity contribution in [2.45, 2.75) is 43.6 Å². The molecule has 0 saturated carbocycles. The molecule has 26 heavy (non-hydrogen) atoms. The first kappa shape index (κ1) is 17.0. The van der Waals surface area contributed by atoms with E-state index in [0.29, 0.717) is 17.6 Å². The fourth-order valence-electron chi connectivity index (χ4n) is 3.55. The van der Waals surface area contributed by atoms with Crippen molar-refractivity contribution in [1.29, 1.82) is 0 Å². The second-order valence-corrected chi connectivity index (χ2v) is 6.61. The van der Waals surface area contributed by atoms with Gasteiger partial charge in [-0.1, -0.05) is 0 Å². The Bertz CT molecular complexity index is 801. The Morgan fingerprint density at radius 3 is 2.50 bits per heavy atom. The molecule has 1 amide bonds. The zero-order chi connectivity index (χ0) is 18.3. The summed E-state index contributed by atoms with van der Waals surface area (Å²) in [7, 11) is 0. The largest absolute Gasteiger partial charge is 0.449 e. The summed E-state index contributed by atoms with van der Waals surface area (Å²) in [5.74, 6) is -1.27. The summed E-state index contributed by atoms with van der Waals surface area (Å²) in [6.45, 7) is 0. The van der Waals surface area contributed by atoms with Crippen molar-refractivity contribution in [3.05, 3.63) is 47.7 Å². The first-order valence-electron chi connectivity index (χ1n) is 8.40. The second-order valence-electron chi connectivity index (χ2n) is 6.61. The number of halogens is 3. The number of rotatable bonds is 4. The van der Waals surface area contributed by atoms with Gasteiger partial charge in [0.15, 0.2) is 0 Å². The van der Waals surface area contributed by atoms with Gasteiger partial charge < -0.3 is 19.8 Å². The fourth-order valence-corrected chi connectivity index (χ4v) is 3.55. The molecule has 2 aliphatic heterocycles. The maximum atomic E-state index is 12.5. The smallest absolute Gasteiger partial charge is 0.426 e. The monoisotopic (exact) mass is 366 g/mol. The van der Waals surface area contributed by atoms with Crippen molar-refractivity contribution in [3.8, 4) is 11.7 Å². The molecule has 2 bridgehead atoms. The van der Waals surface area contributed by atoms with Gasteiger partial charge in [0, 0.05) is 29.8 Å². The van der Waals surface area contributed by atoms with E-state index in [9.17, 15) is 18.0 Å². The molecular weight excluding hydrogens is 349 g/mol. The van der Waals surface area contributed by atoms with Crippen LogP contribution in [0.2, 0.25) is 0 Å². The van der Waals surface area contributed by atoms with Gasteiger partial charge in [-0.3, -0.25) is 4.79 Å². The molecule has 1 aromatic heterocycles. The number of nitrogens with one attached hydrogen (secondary N) is 2. The van der Waals surface area contributed by atoms with Crippen LogP contribution in [-0.2, 0) is 6.18 Å². The lowest BCUT2D eigenvalue weighted by Gasteiger charge is -2.21. The average molecular weight is 366 g/mol. The molecule has 0 radical (unpaired) electrons. The Kier molecular flexibility index (Phi) is 4.14. The third-order valence-corrected chi connectivity index (χ3v) is 4.81. The summed E-state index contributed by atoms with van der Waals surface area (Å²) >= 11 is 0. The van der Waals surface area contributed by atoms with Gasteiger partial charge in [0.1, 0.15) is 5.75 Å². The van der Waals surface area contributed by atoms with E-state index in [4.69, 9.17) is 4.74 Å². The van der Waals surface area contributed by atoms with Gasteiger partial charge in [-0.15, -0.1) is 0 Å². The summed E-state index contributed by atoms with van der Waals surface area (Å²) in [6, 6.07) is 9.06. The molecule has 2 aliphatic rings. The number of ether oxygens (including phenoxy) is 1. The summed E-state index contributed by atoms with van der Waals surface area (Å²) in [4.78, 5) is 12.3. The fraction of sp³-hybridized carbons (Fsp3) is 0.389. The molecular formula is C18H17F3N2O3. The highest BCUT2D eigenvalue weighted by Gasteiger charge is 2.39. The minimum atomic E-state index is -4.56. The number of hydrogen-bond acceptors (Lipinski definition) is 4. The van der Waals surface area contributed by atoms with Crippen LogP contribution in [0.3, 0.4) is 0 Å². The number of alkyl halides is 3. The summed E-state index contributed by atoms with van der Waals surface area (Å²) in [5.41, 5.74) is 0.468. The van der Waals surface area contributed by atoms with Crippen molar-refractivity contribution in [3.63, 3.8) is 0 Å². The van der Waals surface area contributed by atoms with Crippen molar-refractivity contribution < 1.29 is 27.1 Å². The van der Waals surface area contributed by atoms with E-state index < -0.39 is 11.9 Å². The Hall–Kier alpha value is -2.48. The zero-order valence-electron chi connectivity index (χ0n) is 13.7. The summed E-state index contributed by atoms with van der Waals surface area (Å²) in [6.07, 6.45) is -1.38. The molecule has 2 N–H and O–H groups in total. The van der Waals surface area contributed by atoms with Crippen LogP contribution in [0.15, 0.2) is 40.8 Å². The van der Waals surface area contributed by atoms with Crippen LogP contribution >= 0.6 is 0 Å². The number of fused-ring (bicyclic) bond motifs is 2. The van der Waals surface area contributed by atoms with Crippen LogP contribution in [0.5, 0.6) is 11.7 Å². The highest BCUT2D eigenvalue weighted by molar-refractivity contribution is 5.94. The van der Waals surface area contributed by atoms with Crippen LogP contribution in [0.25, 0.3) is 0 Å². The van der Waals surface area contributed by atoms with E-state index >= 15 is 0 Å². The topological polar surface area (TPSA) is 63.5 Å². The van der Waals surface area contributed by atoms with Crippen molar-refractivity contribution in [2.24, 2.45) is 0 Å². The van der Waals surface area contributed by atoms with Crippen LogP contribution in [0.1, 0.15) is 35.4 Å². The number of furan rings is 1. The lowest BCUT2D eigenvalue weighted by atomic mass is 9.95. The van der Waals surface area contributed by atoms with Gasteiger partial charge in [0.25, 0.3) is 11.9 Å². The molecule has 1 aromatic carbocycles. The third kappa shape index (κ3) is 3.41. The molecule has 138 valence electrons. The molecule has 3 heterocycles. The molecule has 3 atom stereocenters. The Morgan fingerprint density at radius 1 is 1.15 bits per heavy atom. The highest BCUT2D eigenvalue weighted by atomic mass is 19.4. The van der Waals surface area contributed by atoms with Crippen LogP contribution in [0, 0.1) is 0 Å². The quantitative estimate of drug-likeness (QED) is 0.866. The van der Waals surface area contributed by atoms with Gasteiger partial charge in [-0.05, 0) is 49.6 Å². The highest BCUT2D eigenvalue weighted by Crippen LogP contribution is 2.34. The van der Waals surface area contributed by atoms with Gasteiger partial charge in [-0.25, -0.2) is 0 Å². The number of carbonyl (C=O) groups excluding carboxylic acids is 1. The van der Waals surface area contributed by atoms with E-state index in [2.05, 4.69) is 15.1 Å². The van der Waals surface area contributed by atoms with Crippen molar-refractivity contribution in [1.82, 2.24) is 10.6 Å². The Morgan fingerprint density at radius 2 is 1.92 bits per heavy atom. The number of hydrogen-bond donors (Lipinski definition) is 2. The van der Waals surface area contributed by atoms with Gasteiger partial charge >= 0.3 is 6.18 Å². The lowest BCUT2D eigenvalue weighted by molar-refractivity contribution is -0.153. The average Bonchev–Trinajstić information content (AvgIpc) is 3.31. The van der Waals surface area contributed by atoms with Crippen LogP contribution < -0.4 is 15.4 Å². The van der Waals surface area contributed by atoms with E-state index in [1.54, 1.807) is 12.1 Å². The Labute approximate surface area is 147 Å².